The number of hydrogen-bond donors (Lipinski definition) is 3. The number of amides is 1. The Hall–Kier alpha value is -2.48. The lowest BCUT2D eigenvalue weighted by Gasteiger charge is -2.06. The normalized spacial score (nSPS) is 11.6. The van der Waals surface area contributed by atoms with E-state index in [4.69, 9.17) is 27.0 Å². The number of rotatable bonds is 3. The van der Waals surface area contributed by atoms with E-state index >= 15 is 0 Å². The van der Waals surface area contributed by atoms with Gasteiger partial charge >= 0.3 is 0 Å². The first-order valence-corrected chi connectivity index (χ1v) is 5.47. The van der Waals surface area contributed by atoms with Crippen LogP contribution in [0.15, 0.2) is 27.9 Å². The van der Waals surface area contributed by atoms with E-state index in [-0.39, 0.29) is 28.2 Å². The summed E-state index contributed by atoms with van der Waals surface area (Å²) in [5.74, 6) is -0.382. The molecule has 4 N–H and O–H groups in total. The fourth-order valence-electron chi connectivity index (χ4n) is 1.43. The molecule has 2 aromatic rings. The van der Waals surface area contributed by atoms with Crippen LogP contribution in [0.1, 0.15) is 16.1 Å². The maximum Gasteiger partial charge on any atom is 0.292 e. The van der Waals surface area contributed by atoms with Gasteiger partial charge in [0.15, 0.2) is 16.8 Å². The summed E-state index contributed by atoms with van der Waals surface area (Å²) >= 11 is 5.59. The Kier molecular flexibility index (Phi) is 3.43. The number of nitrogens with zero attached hydrogens (tertiary/aromatic N) is 3. The molecule has 19 heavy (non-hydrogen) atoms. The van der Waals surface area contributed by atoms with Crippen molar-refractivity contribution in [2.75, 3.05) is 5.32 Å². The maximum absolute atomic E-state index is 11.9. The average molecular weight is 284 g/mol. The molecule has 1 amide bonds. The van der Waals surface area contributed by atoms with E-state index in [9.17, 15) is 4.79 Å². The second kappa shape index (κ2) is 5.02. The molecule has 0 unspecified atom stereocenters. The summed E-state index contributed by atoms with van der Waals surface area (Å²) < 4.78 is 6.34. The van der Waals surface area contributed by atoms with Crippen molar-refractivity contribution in [3.05, 3.63) is 34.9 Å². The summed E-state index contributed by atoms with van der Waals surface area (Å²) in [6.07, 6.45) is 1.36. The number of anilines is 1. The predicted molar refractivity (Wildman–Crippen MR) is 67.4 cm³/mol. The molecule has 0 aliphatic carbocycles. The third kappa shape index (κ3) is 2.52. The van der Waals surface area contributed by atoms with E-state index in [1.165, 1.54) is 23.0 Å². The number of carbonyl (C=O) groups is 1. The van der Waals surface area contributed by atoms with Crippen LogP contribution in [0.4, 0.5) is 5.82 Å². The van der Waals surface area contributed by atoms with Crippen LogP contribution in [0.3, 0.4) is 0 Å². The van der Waals surface area contributed by atoms with Gasteiger partial charge in [0.25, 0.3) is 5.91 Å². The SMILES string of the molecule is Cn1ncc(/C(N)=N/O)c1NC(=O)c1ccc(Cl)o1. The maximum atomic E-state index is 11.9. The smallest absolute Gasteiger partial charge is 0.292 e. The molecule has 2 rings (SSSR count). The van der Waals surface area contributed by atoms with Crippen LogP contribution in [-0.4, -0.2) is 26.7 Å². The van der Waals surface area contributed by atoms with E-state index in [0.717, 1.165) is 0 Å². The minimum Gasteiger partial charge on any atom is -0.440 e. The van der Waals surface area contributed by atoms with E-state index in [0.29, 0.717) is 0 Å². The number of halogens is 1. The zero-order chi connectivity index (χ0) is 14.0. The van der Waals surface area contributed by atoms with E-state index in [1.54, 1.807) is 7.05 Å². The first-order chi connectivity index (χ1) is 9.02. The second-order valence-electron chi connectivity index (χ2n) is 3.57. The quantitative estimate of drug-likeness (QED) is 0.336. The molecule has 0 aliphatic rings. The summed E-state index contributed by atoms with van der Waals surface area (Å²) in [6.45, 7) is 0. The minimum absolute atomic E-state index is 0.0386. The Labute approximate surface area is 112 Å². The molecule has 0 radical (unpaired) electrons. The van der Waals surface area contributed by atoms with Gasteiger partial charge in [-0.1, -0.05) is 5.16 Å². The highest BCUT2D eigenvalue weighted by Crippen LogP contribution is 2.17. The Morgan fingerprint density at radius 1 is 1.63 bits per heavy atom. The molecule has 2 heterocycles. The van der Waals surface area contributed by atoms with Gasteiger partial charge in [-0.2, -0.15) is 5.10 Å². The van der Waals surface area contributed by atoms with Crippen molar-refractivity contribution in [3.63, 3.8) is 0 Å². The van der Waals surface area contributed by atoms with Gasteiger partial charge < -0.3 is 20.7 Å². The lowest BCUT2D eigenvalue weighted by Crippen LogP contribution is -2.19. The monoisotopic (exact) mass is 283 g/mol. The van der Waals surface area contributed by atoms with Crippen LogP contribution in [0, 0.1) is 0 Å². The number of nitrogens with two attached hydrogens (primary N) is 1. The molecule has 2 aromatic heterocycles. The van der Waals surface area contributed by atoms with Crippen molar-refractivity contribution in [3.8, 4) is 0 Å². The number of furan rings is 1. The summed E-state index contributed by atoms with van der Waals surface area (Å²) in [5, 5.41) is 18.1. The van der Waals surface area contributed by atoms with Crippen molar-refractivity contribution in [1.29, 1.82) is 0 Å². The second-order valence-corrected chi connectivity index (χ2v) is 3.95. The van der Waals surface area contributed by atoms with E-state index < -0.39 is 5.91 Å². The predicted octanol–water partition coefficient (Wildman–Crippen LogP) is 1.01. The molecule has 0 saturated carbocycles. The first kappa shape index (κ1) is 13.0. The van der Waals surface area contributed by atoms with E-state index in [1.807, 2.05) is 0 Å². The number of hydrogen-bond acceptors (Lipinski definition) is 5. The minimum atomic E-state index is -0.525. The van der Waals surface area contributed by atoms with Gasteiger partial charge in [-0.15, -0.1) is 0 Å². The van der Waals surface area contributed by atoms with Crippen molar-refractivity contribution in [2.45, 2.75) is 0 Å². The molecular weight excluding hydrogens is 274 g/mol. The number of carbonyl (C=O) groups excluding carboxylic acids is 1. The van der Waals surface area contributed by atoms with Crippen LogP contribution >= 0.6 is 11.6 Å². The summed E-state index contributed by atoms with van der Waals surface area (Å²) in [7, 11) is 1.60. The van der Waals surface area contributed by atoms with Crippen LogP contribution < -0.4 is 11.1 Å². The Bertz CT molecular complexity index is 645. The number of aryl methyl sites for hydroxylation is 1. The van der Waals surface area contributed by atoms with Gasteiger partial charge in [0.2, 0.25) is 0 Å². The molecular formula is C10H10ClN5O3. The third-order valence-corrected chi connectivity index (χ3v) is 2.55. The van der Waals surface area contributed by atoms with Gasteiger partial charge in [-0.05, 0) is 23.7 Å². The fourth-order valence-corrected chi connectivity index (χ4v) is 1.58. The Balaban J connectivity index is 2.29. The summed E-state index contributed by atoms with van der Waals surface area (Å²) in [6, 6.07) is 2.88. The molecule has 100 valence electrons. The molecule has 0 atom stereocenters. The summed E-state index contributed by atoms with van der Waals surface area (Å²) in [5.41, 5.74) is 5.77. The van der Waals surface area contributed by atoms with Crippen molar-refractivity contribution in [2.24, 2.45) is 17.9 Å². The van der Waals surface area contributed by atoms with Crippen molar-refractivity contribution >= 4 is 29.2 Å². The molecule has 0 aliphatic heterocycles. The summed E-state index contributed by atoms with van der Waals surface area (Å²) in [4.78, 5) is 11.9. The largest absolute Gasteiger partial charge is 0.440 e. The van der Waals surface area contributed by atoms with Gasteiger partial charge in [0.1, 0.15) is 5.82 Å². The van der Waals surface area contributed by atoms with Crippen LogP contribution in [0.25, 0.3) is 0 Å². The van der Waals surface area contributed by atoms with Gasteiger partial charge in [0.05, 0.1) is 11.8 Å². The third-order valence-electron chi connectivity index (χ3n) is 2.35. The van der Waals surface area contributed by atoms with Crippen LogP contribution in [-0.2, 0) is 7.05 Å². The van der Waals surface area contributed by atoms with Crippen LogP contribution in [0.5, 0.6) is 0 Å². The standard InChI is InChI=1S/C10H10ClN5O3/c1-16-9(5(4-13-16)8(12)15-18)14-10(17)6-2-3-7(11)19-6/h2-4,18H,1H3,(H2,12,15)(H,14,17). The Morgan fingerprint density at radius 2 is 2.37 bits per heavy atom. The molecule has 9 heteroatoms. The average Bonchev–Trinajstić information content (AvgIpc) is 2.96. The number of nitrogens with one attached hydrogen (secondary N) is 1. The molecule has 8 nitrogen and oxygen atoms in total. The van der Waals surface area contributed by atoms with Gasteiger partial charge in [-0.25, -0.2) is 0 Å². The van der Waals surface area contributed by atoms with Crippen molar-refractivity contribution in [1.82, 2.24) is 9.78 Å². The van der Waals surface area contributed by atoms with Crippen molar-refractivity contribution < 1.29 is 14.4 Å². The highest BCUT2D eigenvalue weighted by molar-refractivity contribution is 6.29. The van der Waals surface area contributed by atoms with E-state index in [2.05, 4.69) is 15.6 Å². The lowest BCUT2D eigenvalue weighted by atomic mass is 10.3. The topological polar surface area (TPSA) is 119 Å². The number of oxime groups is 1. The molecule has 0 saturated heterocycles. The van der Waals surface area contributed by atoms with Crippen LogP contribution in [0.2, 0.25) is 5.22 Å². The zero-order valence-corrected chi connectivity index (χ0v) is 10.5. The number of aromatic nitrogens is 2. The highest BCUT2D eigenvalue weighted by Gasteiger charge is 2.18. The molecule has 0 fully saturated rings. The zero-order valence-electron chi connectivity index (χ0n) is 9.79. The molecule has 0 aromatic carbocycles. The lowest BCUT2D eigenvalue weighted by molar-refractivity contribution is 0.0996. The fraction of sp³-hybridized carbons (Fsp3) is 0.100. The molecule has 0 spiro atoms. The van der Waals surface area contributed by atoms with Gasteiger partial charge in [0, 0.05) is 7.05 Å². The highest BCUT2D eigenvalue weighted by atomic mass is 35.5. The first-order valence-electron chi connectivity index (χ1n) is 5.09. The Morgan fingerprint density at radius 3 is 2.95 bits per heavy atom. The van der Waals surface area contributed by atoms with Gasteiger partial charge in [-0.3, -0.25) is 9.48 Å². The number of amidine groups is 1. The molecule has 0 bridgehead atoms.